The number of hydrogen-bond acceptors (Lipinski definition) is 2. The molecule has 0 fully saturated rings. The summed E-state index contributed by atoms with van der Waals surface area (Å²) in [5, 5.41) is 8.01. The van der Waals surface area contributed by atoms with Gasteiger partial charge in [0.25, 0.3) is 0 Å². The van der Waals surface area contributed by atoms with Crippen molar-refractivity contribution < 1.29 is 5.11 Å². The number of para-hydroxylation sites is 2. The highest BCUT2D eigenvalue weighted by atomic mass is 16.3. The van der Waals surface area contributed by atoms with Crippen molar-refractivity contribution in [1.82, 2.24) is 15.0 Å². The van der Waals surface area contributed by atoms with Crippen LogP contribution in [-0.2, 0) is 12.8 Å². The molecule has 0 radical (unpaired) electrons. The van der Waals surface area contributed by atoms with Gasteiger partial charge in [-0.2, -0.15) is 0 Å². The summed E-state index contributed by atoms with van der Waals surface area (Å²) in [6.07, 6.45) is 14.1. The number of rotatable bonds is 6. The second-order valence-corrected chi connectivity index (χ2v) is 8.66. The monoisotopic (exact) mass is 400 g/mol. The normalized spacial score (nSPS) is 19.8. The molecule has 0 saturated heterocycles. The predicted molar refractivity (Wildman–Crippen MR) is 122 cm³/mol. The van der Waals surface area contributed by atoms with Gasteiger partial charge in [-0.15, -0.1) is 0 Å². The lowest BCUT2D eigenvalue weighted by Gasteiger charge is -2.32. The maximum atomic E-state index is 8.01. The number of nitrogens with one attached hydrogen (secondary N) is 1. The molecule has 1 aromatic carbocycles. The minimum absolute atomic E-state index is 0.413. The highest BCUT2D eigenvalue weighted by molar-refractivity contribution is 5.74. The topological polar surface area (TPSA) is 64.5 Å². The Morgan fingerprint density at radius 2 is 2.03 bits per heavy atom. The van der Waals surface area contributed by atoms with E-state index in [4.69, 9.17) is 15.1 Å². The van der Waals surface area contributed by atoms with Gasteiger partial charge < -0.3 is 10.1 Å². The maximum Gasteiger partial charge on any atom is 0.166 e. The van der Waals surface area contributed by atoms with Gasteiger partial charge in [-0.3, -0.25) is 4.98 Å². The van der Waals surface area contributed by atoms with Gasteiger partial charge in [-0.1, -0.05) is 30.4 Å². The number of imidazole rings is 1. The summed E-state index contributed by atoms with van der Waals surface area (Å²) < 4.78 is 0. The number of aromatic nitrogens is 3. The molecule has 0 amide bonds. The molecule has 3 N–H and O–H groups in total. The standard InChI is InChI=1S/C26H29N3O/c30-17-20-8-2-1-7-19(20)15-21(16-25-28-23-12-3-4-13-24(23)29-25)22-11-5-9-18-10-6-14-27-26(18)22/h1,3-4,6-7,10,12-14,21-22,30H,2,5,8-9,11,15-17H2,(H,28,29)/p+1. The third-order valence-corrected chi connectivity index (χ3v) is 6.78. The van der Waals surface area contributed by atoms with E-state index in [0.29, 0.717) is 18.4 Å². The SMILES string of the molecule is [OH2+]CC1=C(CC(Cc2nc3ccccc3[nH]2)C2CCCc3cccnc32)C=CCC1. The molecular weight excluding hydrogens is 370 g/mol. The molecule has 3 aromatic rings. The van der Waals surface area contributed by atoms with Gasteiger partial charge >= 0.3 is 0 Å². The Morgan fingerprint density at radius 1 is 1.10 bits per heavy atom. The number of aryl methyl sites for hydroxylation is 1. The molecule has 4 heteroatoms. The van der Waals surface area contributed by atoms with Crippen molar-refractivity contribution in [3.8, 4) is 0 Å². The van der Waals surface area contributed by atoms with E-state index < -0.39 is 0 Å². The highest BCUT2D eigenvalue weighted by Crippen LogP contribution is 2.41. The fraction of sp³-hybridized carbons (Fsp3) is 0.385. The summed E-state index contributed by atoms with van der Waals surface area (Å²) in [6, 6.07) is 12.6. The number of nitrogens with zero attached hydrogens (tertiary/aromatic N) is 2. The van der Waals surface area contributed by atoms with Gasteiger partial charge in [-0.25, -0.2) is 4.98 Å². The maximum absolute atomic E-state index is 8.01. The molecule has 2 unspecified atom stereocenters. The molecule has 2 heterocycles. The van der Waals surface area contributed by atoms with Crippen LogP contribution in [0.25, 0.3) is 11.0 Å². The largest absolute Gasteiger partial charge is 0.442 e. The summed E-state index contributed by atoms with van der Waals surface area (Å²) in [5.74, 6) is 1.94. The number of H-pyrrole nitrogens is 1. The van der Waals surface area contributed by atoms with Crippen LogP contribution in [0.3, 0.4) is 0 Å². The molecular formula is C26H30N3O+. The van der Waals surface area contributed by atoms with Crippen molar-refractivity contribution in [2.24, 2.45) is 5.92 Å². The van der Waals surface area contributed by atoms with Gasteiger partial charge in [0.15, 0.2) is 6.61 Å². The van der Waals surface area contributed by atoms with Gasteiger partial charge in [-0.05, 0) is 73.8 Å². The van der Waals surface area contributed by atoms with Crippen molar-refractivity contribution >= 4 is 11.0 Å². The van der Waals surface area contributed by atoms with Crippen LogP contribution in [-0.4, -0.2) is 26.7 Å². The Labute approximate surface area is 177 Å². The molecule has 2 aliphatic rings. The molecule has 0 aliphatic heterocycles. The van der Waals surface area contributed by atoms with Crippen LogP contribution >= 0.6 is 0 Å². The Bertz CT molecular complexity index is 1060. The number of pyridine rings is 1. The molecule has 154 valence electrons. The first kappa shape index (κ1) is 19.3. The van der Waals surface area contributed by atoms with Crippen LogP contribution in [0.5, 0.6) is 0 Å². The van der Waals surface area contributed by atoms with Gasteiger partial charge in [0.2, 0.25) is 0 Å². The van der Waals surface area contributed by atoms with E-state index in [0.717, 1.165) is 49.0 Å². The van der Waals surface area contributed by atoms with E-state index in [-0.39, 0.29) is 0 Å². The van der Waals surface area contributed by atoms with E-state index >= 15 is 0 Å². The third kappa shape index (κ3) is 3.84. The number of benzene rings is 1. The second-order valence-electron chi connectivity index (χ2n) is 8.66. The highest BCUT2D eigenvalue weighted by Gasteiger charge is 2.31. The quantitative estimate of drug-likeness (QED) is 0.592. The van der Waals surface area contributed by atoms with Gasteiger partial charge in [0.05, 0.1) is 11.0 Å². The molecule has 2 aliphatic carbocycles. The lowest BCUT2D eigenvalue weighted by molar-refractivity contribution is 0.320. The van der Waals surface area contributed by atoms with E-state index in [9.17, 15) is 0 Å². The first-order chi connectivity index (χ1) is 14.8. The molecule has 2 aromatic heterocycles. The number of aromatic amines is 1. The molecule has 4 nitrogen and oxygen atoms in total. The molecule has 30 heavy (non-hydrogen) atoms. The van der Waals surface area contributed by atoms with E-state index in [1.54, 1.807) is 0 Å². The lowest BCUT2D eigenvalue weighted by Crippen LogP contribution is -2.23. The number of allylic oxidation sites excluding steroid dienone is 3. The predicted octanol–water partition coefficient (Wildman–Crippen LogP) is 5.00. The fourth-order valence-electron chi connectivity index (χ4n) is 5.27. The Kier molecular flexibility index (Phi) is 5.50. The van der Waals surface area contributed by atoms with Crippen molar-refractivity contribution in [2.75, 3.05) is 6.61 Å². The smallest absolute Gasteiger partial charge is 0.166 e. The summed E-state index contributed by atoms with van der Waals surface area (Å²) in [7, 11) is 0. The van der Waals surface area contributed by atoms with Crippen LogP contribution in [0.2, 0.25) is 0 Å². The second kappa shape index (κ2) is 8.57. The molecule has 0 spiro atoms. The summed E-state index contributed by atoms with van der Waals surface area (Å²) in [6.45, 7) is 0.413. The van der Waals surface area contributed by atoms with E-state index in [2.05, 4.69) is 47.5 Å². The molecule has 5 rings (SSSR count). The van der Waals surface area contributed by atoms with Crippen LogP contribution in [0.4, 0.5) is 0 Å². The van der Waals surface area contributed by atoms with Crippen molar-refractivity contribution in [2.45, 2.75) is 50.9 Å². The Morgan fingerprint density at radius 3 is 2.93 bits per heavy atom. The zero-order valence-corrected chi connectivity index (χ0v) is 17.4. The van der Waals surface area contributed by atoms with E-state index in [1.807, 2.05) is 12.3 Å². The number of fused-ring (bicyclic) bond motifs is 2. The number of hydrogen-bond donors (Lipinski definition) is 1. The lowest BCUT2D eigenvalue weighted by atomic mass is 9.74. The first-order valence-electron chi connectivity index (χ1n) is 11.2. The first-order valence-corrected chi connectivity index (χ1v) is 11.2. The molecule has 0 saturated carbocycles. The summed E-state index contributed by atoms with van der Waals surface area (Å²) >= 11 is 0. The fourth-order valence-corrected chi connectivity index (χ4v) is 5.27. The molecule has 0 bridgehead atoms. The average molecular weight is 401 g/mol. The zero-order chi connectivity index (χ0) is 20.3. The van der Waals surface area contributed by atoms with Crippen LogP contribution in [0.15, 0.2) is 65.9 Å². The summed E-state index contributed by atoms with van der Waals surface area (Å²) in [5.41, 5.74) is 7.54. The van der Waals surface area contributed by atoms with Crippen molar-refractivity contribution in [3.05, 3.63) is 83.0 Å². The van der Waals surface area contributed by atoms with Crippen LogP contribution in [0.1, 0.15) is 55.1 Å². The minimum atomic E-state index is 0.413. The third-order valence-electron chi connectivity index (χ3n) is 6.78. The Hall–Kier alpha value is -2.72. The van der Waals surface area contributed by atoms with Crippen LogP contribution in [0, 0.1) is 5.92 Å². The van der Waals surface area contributed by atoms with Gasteiger partial charge in [0, 0.05) is 29.8 Å². The average Bonchev–Trinajstić information content (AvgIpc) is 3.21. The van der Waals surface area contributed by atoms with Crippen molar-refractivity contribution in [3.63, 3.8) is 0 Å². The minimum Gasteiger partial charge on any atom is -0.442 e. The van der Waals surface area contributed by atoms with E-state index in [1.165, 1.54) is 35.2 Å². The molecule has 2 atom stereocenters. The summed E-state index contributed by atoms with van der Waals surface area (Å²) in [4.78, 5) is 13.3. The van der Waals surface area contributed by atoms with Crippen molar-refractivity contribution in [1.29, 1.82) is 0 Å². The zero-order valence-electron chi connectivity index (χ0n) is 17.4. The van der Waals surface area contributed by atoms with Crippen LogP contribution < -0.4 is 0 Å². The Balaban J connectivity index is 1.50. The van der Waals surface area contributed by atoms with Gasteiger partial charge in [0.1, 0.15) is 5.82 Å².